The molecule has 0 unspecified atom stereocenters. The molecule has 0 saturated carbocycles. The molecule has 0 N–H and O–H groups in total. The van der Waals surface area contributed by atoms with Crippen LogP contribution in [0.2, 0.25) is 0 Å². The highest BCUT2D eigenvalue weighted by atomic mass is 16.6. The van der Waals surface area contributed by atoms with E-state index in [0.717, 1.165) is 12.8 Å². The Morgan fingerprint density at radius 2 is 1.36 bits per heavy atom. The van der Waals surface area contributed by atoms with Gasteiger partial charge in [0.15, 0.2) is 0 Å². The number of hydrogen-bond donors (Lipinski definition) is 0. The molecule has 5 nitrogen and oxygen atoms in total. The van der Waals surface area contributed by atoms with Gasteiger partial charge in [-0.3, -0.25) is 0 Å². The SMILES string of the molecule is C=C(C)C(=O)OC(C)(C)C.C=C(C)C(=O)OCCCCOC. The molecule has 0 amide bonds. The van der Waals surface area contributed by atoms with E-state index >= 15 is 0 Å². The standard InChI is InChI=1S/C9H16O3.C8H14O2/c1-8(2)9(10)12-7-5-4-6-11-3;1-6(2)7(9)10-8(3,4)5/h1,4-7H2,2-3H3;1H2,2-5H3. The highest BCUT2D eigenvalue weighted by molar-refractivity contribution is 5.87. The normalized spacial score (nSPS) is 10.1. The van der Waals surface area contributed by atoms with Gasteiger partial charge >= 0.3 is 11.9 Å². The molecule has 5 heteroatoms. The van der Waals surface area contributed by atoms with Crippen molar-refractivity contribution in [2.24, 2.45) is 0 Å². The highest BCUT2D eigenvalue weighted by Gasteiger charge is 2.15. The van der Waals surface area contributed by atoms with Crippen LogP contribution in [0.3, 0.4) is 0 Å². The summed E-state index contributed by atoms with van der Waals surface area (Å²) in [4.78, 5) is 21.7. The lowest BCUT2D eigenvalue weighted by atomic mass is 10.2. The first-order chi connectivity index (χ1) is 10.0. The molecule has 0 aromatic rings. The second kappa shape index (κ2) is 12.0. The largest absolute Gasteiger partial charge is 0.462 e. The van der Waals surface area contributed by atoms with E-state index in [9.17, 15) is 9.59 Å². The van der Waals surface area contributed by atoms with Crippen LogP contribution in [0.1, 0.15) is 47.5 Å². The molecule has 0 aromatic carbocycles. The van der Waals surface area contributed by atoms with Crippen LogP contribution in [-0.4, -0.2) is 37.9 Å². The van der Waals surface area contributed by atoms with Crippen LogP contribution in [0.25, 0.3) is 0 Å². The molecule has 0 aliphatic rings. The molecule has 128 valence electrons. The minimum atomic E-state index is -0.407. The van der Waals surface area contributed by atoms with Gasteiger partial charge in [-0.2, -0.15) is 0 Å². The van der Waals surface area contributed by atoms with Gasteiger partial charge in [-0.25, -0.2) is 9.59 Å². The van der Waals surface area contributed by atoms with E-state index in [-0.39, 0.29) is 11.9 Å². The summed E-state index contributed by atoms with van der Waals surface area (Å²) < 4.78 is 14.7. The van der Waals surface area contributed by atoms with E-state index < -0.39 is 5.60 Å². The predicted octanol–water partition coefficient (Wildman–Crippen LogP) is 3.44. The van der Waals surface area contributed by atoms with Crippen LogP contribution in [0, 0.1) is 0 Å². The van der Waals surface area contributed by atoms with Crippen molar-refractivity contribution in [3.05, 3.63) is 24.3 Å². The molecule has 0 aromatic heterocycles. The number of methoxy groups -OCH3 is 1. The zero-order chi connectivity index (χ0) is 17.8. The first kappa shape index (κ1) is 22.7. The number of esters is 2. The molecular formula is C17H30O5. The first-order valence-electron chi connectivity index (χ1n) is 7.21. The summed E-state index contributed by atoms with van der Waals surface area (Å²) in [6.45, 7) is 16.9. The third-order valence-electron chi connectivity index (χ3n) is 2.07. The average Bonchev–Trinajstić information content (AvgIpc) is 2.36. The summed E-state index contributed by atoms with van der Waals surface area (Å²) >= 11 is 0. The summed E-state index contributed by atoms with van der Waals surface area (Å²) in [5.41, 5.74) is 0.479. The maximum absolute atomic E-state index is 10.8. The van der Waals surface area contributed by atoms with Crippen molar-refractivity contribution in [1.29, 1.82) is 0 Å². The Bertz CT molecular complexity index is 377. The van der Waals surface area contributed by atoms with E-state index in [2.05, 4.69) is 13.2 Å². The first-order valence-corrected chi connectivity index (χ1v) is 7.21. The average molecular weight is 314 g/mol. The number of carbonyl (C=O) groups excluding carboxylic acids is 2. The van der Waals surface area contributed by atoms with Crippen LogP contribution < -0.4 is 0 Å². The van der Waals surface area contributed by atoms with E-state index in [0.29, 0.717) is 24.4 Å². The zero-order valence-corrected chi connectivity index (χ0v) is 14.8. The van der Waals surface area contributed by atoms with Crippen LogP contribution in [0.5, 0.6) is 0 Å². The van der Waals surface area contributed by atoms with Crippen molar-refractivity contribution in [3.8, 4) is 0 Å². The summed E-state index contributed by atoms with van der Waals surface area (Å²) in [5, 5.41) is 0. The molecule has 0 aliphatic heterocycles. The van der Waals surface area contributed by atoms with E-state index in [1.54, 1.807) is 21.0 Å². The monoisotopic (exact) mass is 314 g/mol. The van der Waals surface area contributed by atoms with Gasteiger partial charge in [0.05, 0.1) is 6.61 Å². The van der Waals surface area contributed by atoms with Gasteiger partial charge in [-0.15, -0.1) is 0 Å². The highest BCUT2D eigenvalue weighted by Crippen LogP contribution is 2.09. The van der Waals surface area contributed by atoms with Gasteiger partial charge in [0.1, 0.15) is 5.60 Å². The van der Waals surface area contributed by atoms with Gasteiger partial charge < -0.3 is 14.2 Å². The second-order valence-corrected chi connectivity index (χ2v) is 5.90. The van der Waals surface area contributed by atoms with Gasteiger partial charge in [0.2, 0.25) is 0 Å². The molecule has 0 bridgehead atoms. The number of rotatable bonds is 7. The molecule has 0 spiro atoms. The van der Waals surface area contributed by atoms with Crippen molar-refractivity contribution in [3.63, 3.8) is 0 Å². The zero-order valence-electron chi connectivity index (χ0n) is 14.8. The van der Waals surface area contributed by atoms with Crippen LogP contribution in [0.4, 0.5) is 0 Å². The Labute approximate surface area is 134 Å². The van der Waals surface area contributed by atoms with Gasteiger partial charge in [0.25, 0.3) is 0 Å². The maximum Gasteiger partial charge on any atom is 0.333 e. The third-order valence-corrected chi connectivity index (χ3v) is 2.07. The van der Waals surface area contributed by atoms with Crippen LogP contribution >= 0.6 is 0 Å². The molecule has 0 fully saturated rings. The van der Waals surface area contributed by atoms with Crippen molar-refractivity contribution >= 4 is 11.9 Å². The van der Waals surface area contributed by atoms with Gasteiger partial charge in [-0.05, 0) is 47.5 Å². The second-order valence-electron chi connectivity index (χ2n) is 5.90. The van der Waals surface area contributed by atoms with Crippen LogP contribution in [-0.2, 0) is 23.8 Å². The quantitative estimate of drug-likeness (QED) is 0.409. The van der Waals surface area contributed by atoms with Crippen molar-refractivity contribution in [1.82, 2.24) is 0 Å². The molecule has 0 radical (unpaired) electrons. The van der Waals surface area contributed by atoms with Gasteiger partial charge in [-0.1, -0.05) is 13.2 Å². The fraction of sp³-hybridized carbons (Fsp3) is 0.647. The van der Waals surface area contributed by atoms with E-state index in [1.807, 2.05) is 20.8 Å². The maximum atomic E-state index is 10.8. The molecule has 22 heavy (non-hydrogen) atoms. The smallest absolute Gasteiger partial charge is 0.333 e. The summed E-state index contributed by atoms with van der Waals surface area (Å²) in [5.74, 6) is -0.639. The lowest BCUT2D eigenvalue weighted by Crippen LogP contribution is -2.23. The Kier molecular flexibility index (Phi) is 12.3. The number of hydrogen-bond acceptors (Lipinski definition) is 5. The molecular weight excluding hydrogens is 284 g/mol. The Morgan fingerprint density at radius 1 is 0.909 bits per heavy atom. The Balaban J connectivity index is 0. The lowest BCUT2D eigenvalue weighted by Gasteiger charge is -2.19. The molecule has 0 saturated heterocycles. The third kappa shape index (κ3) is 16.4. The van der Waals surface area contributed by atoms with E-state index in [4.69, 9.17) is 14.2 Å². The molecule has 0 rings (SSSR count). The molecule has 0 aliphatic carbocycles. The van der Waals surface area contributed by atoms with Crippen molar-refractivity contribution < 1.29 is 23.8 Å². The fourth-order valence-electron chi connectivity index (χ4n) is 1.00. The summed E-state index contributed by atoms with van der Waals surface area (Å²) in [6.07, 6.45) is 1.76. The lowest BCUT2D eigenvalue weighted by molar-refractivity contribution is -0.149. The van der Waals surface area contributed by atoms with E-state index in [1.165, 1.54) is 0 Å². The Hall–Kier alpha value is -1.62. The predicted molar refractivity (Wildman–Crippen MR) is 87.5 cm³/mol. The summed E-state index contributed by atoms with van der Waals surface area (Å²) in [7, 11) is 1.65. The number of unbranched alkanes of at least 4 members (excludes halogenated alkanes) is 1. The minimum Gasteiger partial charge on any atom is -0.462 e. The van der Waals surface area contributed by atoms with Crippen molar-refractivity contribution in [2.45, 2.75) is 53.1 Å². The molecule has 0 heterocycles. The fourth-order valence-corrected chi connectivity index (χ4v) is 1.00. The summed E-state index contributed by atoms with van der Waals surface area (Å²) in [6, 6.07) is 0. The number of ether oxygens (including phenoxy) is 3. The van der Waals surface area contributed by atoms with Crippen molar-refractivity contribution in [2.75, 3.05) is 20.3 Å². The number of carbonyl (C=O) groups is 2. The Morgan fingerprint density at radius 3 is 1.68 bits per heavy atom. The molecule has 0 atom stereocenters. The minimum absolute atomic E-state index is 0.313. The topological polar surface area (TPSA) is 61.8 Å². The van der Waals surface area contributed by atoms with Crippen LogP contribution in [0.15, 0.2) is 24.3 Å². The van der Waals surface area contributed by atoms with Gasteiger partial charge in [0, 0.05) is 24.9 Å².